The molecule has 1 aliphatic rings. The Balaban J connectivity index is 2.17. The molecule has 1 saturated heterocycles. The molecule has 0 aromatic carbocycles. The molecule has 21 heavy (non-hydrogen) atoms. The van der Waals surface area contributed by atoms with Gasteiger partial charge in [-0.15, -0.1) is 0 Å². The van der Waals surface area contributed by atoms with Gasteiger partial charge in [0.15, 0.2) is 5.82 Å². The highest BCUT2D eigenvalue weighted by Gasteiger charge is 2.25. The van der Waals surface area contributed by atoms with Crippen molar-refractivity contribution < 1.29 is 9.84 Å². The van der Waals surface area contributed by atoms with Gasteiger partial charge in [0.25, 0.3) is 0 Å². The number of hydrogen-bond donors (Lipinski definition) is 2. The van der Waals surface area contributed by atoms with Crippen LogP contribution in [0.25, 0.3) is 0 Å². The molecule has 2 rings (SSSR count). The summed E-state index contributed by atoms with van der Waals surface area (Å²) < 4.78 is 5.41. The number of nitrogens with one attached hydrogen (secondary N) is 1. The Hall–Kier alpha value is -1.40. The third kappa shape index (κ3) is 4.54. The summed E-state index contributed by atoms with van der Waals surface area (Å²) in [6.07, 6.45) is 2.55. The zero-order valence-corrected chi connectivity index (χ0v) is 13.2. The van der Waals surface area contributed by atoms with Gasteiger partial charge in [0, 0.05) is 32.8 Å². The zero-order valence-electron chi connectivity index (χ0n) is 13.2. The lowest BCUT2D eigenvalue weighted by atomic mass is 9.98. The number of nitrogens with zero attached hydrogens (tertiary/aromatic N) is 3. The predicted molar refractivity (Wildman–Crippen MR) is 83.6 cm³/mol. The van der Waals surface area contributed by atoms with Gasteiger partial charge in [-0.1, -0.05) is 0 Å². The largest absolute Gasteiger partial charge is 0.390 e. The molecule has 0 saturated carbocycles. The molecule has 1 aliphatic heterocycles. The first-order chi connectivity index (χ1) is 10.0. The molecule has 1 fully saturated rings. The van der Waals surface area contributed by atoms with Crippen molar-refractivity contribution >= 4 is 11.6 Å². The van der Waals surface area contributed by atoms with Crippen LogP contribution in [0, 0.1) is 0 Å². The average Bonchev–Trinajstić information content (AvgIpc) is 2.65. The fourth-order valence-corrected chi connectivity index (χ4v) is 2.52. The van der Waals surface area contributed by atoms with E-state index in [9.17, 15) is 5.11 Å². The number of aromatic nitrogens is 2. The Bertz CT molecular complexity index is 465. The van der Waals surface area contributed by atoms with Crippen molar-refractivity contribution in [3.8, 4) is 0 Å². The lowest BCUT2D eigenvalue weighted by molar-refractivity contribution is 0.0481. The van der Waals surface area contributed by atoms with Crippen LogP contribution >= 0.6 is 0 Å². The van der Waals surface area contributed by atoms with Gasteiger partial charge in [0.1, 0.15) is 18.2 Å². The molecule has 1 aromatic rings. The maximum atomic E-state index is 10.2. The molecular weight excluding hydrogens is 268 g/mol. The zero-order chi connectivity index (χ0) is 15.3. The highest BCUT2D eigenvalue weighted by atomic mass is 16.5. The number of ether oxygens (including phenoxy) is 1. The van der Waals surface area contributed by atoms with Crippen LogP contribution in [0.2, 0.25) is 0 Å². The Morgan fingerprint density at radius 3 is 2.90 bits per heavy atom. The quantitative estimate of drug-likeness (QED) is 0.863. The SMILES string of the molecule is CCOCc1nc(NC)cc(N2CCCC(C)(O)CC2)n1. The molecule has 0 amide bonds. The van der Waals surface area contributed by atoms with E-state index in [0.717, 1.165) is 44.0 Å². The average molecular weight is 294 g/mol. The number of rotatable bonds is 5. The topological polar surface area (TPSA) is 70.5 Å². The summed E-state index contributed by atoms with van der Waals surface area (Å²) in [4.78, 5) is 11.2. The van der Waals surface area contributed by atoms with E-state index in [1.165, 1.54) is 0 Å². The van der Waals surface area contributed by atoms with Gasteiger partial charge in [0.2, 0.25) is 0 Å². The van der Waals surface area contributed by atoms with E-state index >= 15 is 0 Å². The van der Waals surface area contributed by atoms with Crippen LogP contribution in [0.1, 0.15) is 38.9 Å². The first-order valence-electron chi connectivity index (χ1n) is 7.65. The van der Waals surface area contributed by atoms with Gasteiger partial charge in [-0.2, -0.15) is 0 Å². The molecule has 2 heterocycles. The number of aliphatic hydroxyl groups is 1. The molecule has 0 aliphatic carbocycles. The molecule has 0 bridgehead atoms. The summed E-state index contributed by atoms with van der Waals surface area (Å²) in [5, 5.41) is 13.3. The van der Waals surface area contributed by atoms with E-state index in [4.69, 9.17) is 4.74 Å². The van der Waals surface area contributed by atoms with Gasteiger partial charge >= 0.3 is 0 Å². The van der Waals surface area contributed by atoms with Crippen molar-refractivity contribution in [3.63, 3.8) is 0 Å². The first kappa shape index (κ1) is 16.0. The highest BCUT2D eigenvalue weighted by molar-refractivity contribution is 5.49. The van der Waals surface area contributed by atoms with Gasteiger partial charge < -0.3 is 20.1 Å². The van der Waals surface area contributed by atoms with E-state index in [1.807, 2.05) is 27.0 Å². The van der Waals surface area contributed by atoms with Crippen molar-refractivity contribution in [2.24, 2.45) is 0 Å². The standard InChI is InChI=1S/C15H26N4O2/c1-4-21-11-13-17-12(16-3)10-14(18-13)19-8-5-6-15(2,20)7-9-19/h10,20H,4-9,11H2,1-3H3,(H,16,17,18). The lowest BCUT2D eigenvalue weighted by Crippen LogP contribution is -2.29. The van der Waals surface area contributed by atoms with Gasteiger partial charge in [-0.3, -0.25) is 0 Å². The second-order valence-corrected chi connectivity index (χ2v) is 5.75. The summed E-state index contributed by atoms with van der Waals surface area (Å²) >= 11 is 0. The van der Waals surface area contributed by atoms with Crippen LogP contribution < -0.4 is 10.2 Å². The maximum Gasteiger partial charge on any atom is 0.158 e. The lowest BCUT2D eigenvalue weighted by Gasteiger charge is -2.24. The second-order valence-electron chi connectivity index (χ2n) is 5.75. The van der Waals surface area contributed by atoms with Crippen LogP contribution in [-0.2, 0) is 11.3 Å². The van der Waals surface area contributed by atoms with Crippen LogP contribution in [0.4, 0.5) is 11.6 Å². The van der Waals surface area contributed by atoms with Crippen molar-refractivity contribution in [2.75, 3.05) is 37.0 Å². The molecule has 118 valence electrons. The minimum Gasteiger partial charge on any atom is -0.390 e. The van der Waals surface area contributed by atoms with Crippen LogP contribution in [0.5, 0.6) is 0 Å². The third-order valence-electron chi connectivity index (χ3n) is 3.84. The van der Waals surface area contributed by atoms with Gasteiger partial charge in [-0.05, 0) is 33.1 Å². The van der Waals surface area contributed by atoms with Gasteiger partial charge in [0.05, 0.1) is 5.60 Å². The van der Waals surface area contributed by atoms with Crippen molar-refractivity contribution in [1.29, 1.82) is 0 Å². The predicted octanol–water partition coefficient (Wildman–Crippen LogP) is 1.80. The summed E-state index contributed by atoms with van der Waals surface area (Å²) in [6, 6.07) is 1.95. The summed E-state index contributed by atoms with van der Waals surface area (Å²) in [5.74, 6) is 2.39. The van der Waals surface area contributed by atoms with E-state index < -0.39 is 5.60 Å². The molecular formula is C15H26N4O2. The van der Waals surface area contributed by atoms with E-state index in [-0.39, 0.29) is 0 Å². The Morgan fingerprint density at radius 2 is 2.19 bits per heavy atom. The maximum absolute atomic E-state index is 10.2. The minimum atomic E-state index is -0.568. The van der Waals surface area contributed by atoms with E-state index in [0.29, 0.717) is 19.0 Å². The van der Waals surface area contributed by atoms with E-state index in [2.05, 4.69) is 20.2 Å². The monoisotopic (exact) mass is 294 g/mol. The Kier molecular flexibility index (Phi) is 5.36. The smallest absolute Gasteiger partial charge is 0.158 e. The molecule has 0 spiro atoms. The summed E-state index contributed by atoms with van der Waals surface area (Å²) in [5.41, 5.74) is -0.568. The Morgan fingerprint density at radius 1 is 1.38 bits per heavy atom. The van der Waals surface area contributed by atoms with Crippen LogP contribution in [0.15, 0.2) is 6.07 Å². The molecule has 0 radical (unpaired) electrons. The molecule has 6 nitrogen and oxygen atoms in total. The minimum absolute atomic E-state index is 0.421. The molecule has 6 heteroatoms. The summed E-state index contributed by atoms with van der Waals surface area (Å²) in [7, 11) is 1.85. The fourth-order valence-electron chi connectivity index (χ4n) is 2.52. The number of hydrogen-bond acceptors (Lipinski definition) is 6. The van der Waals surface area contributed by atoms with Crippen molar-refractivity contribution in [3.05, 3.63) is 11.9 Å². The fraction of sp³-hybridized carbons (Fsp3) is 0.733. The second kappa shape index (κ2) is 7.04. The van der Waals surface area contributed by atoms with Crippen molar-refractivity contribution in [2.45, 2.75) is 45.3 Å². The van der Waals surface area contributed by atoms with Gasteiger partial charge in [-0.25, -0.2) is 9.97 Å². The van der Waals surface area contributed by atoms with Crippen molar-refractivity contribution in [1.82, 2.24) is 9.97 Å². The number of anilines is 2. The Labute approximate surface area is 126 Å². The van der Waals surface area contributed by atoms with Crippen LogP contribution in [-0.4, -0.2) is 47.4 Å². The molecule has 1 unspecified atom stereocenters. The molecule has 1 atom stereocenters. The summed E-state index contributed by atoms with van der Waals surface area (Å²) in [6.45, 7) is 6.65. The first-order valence-corrected chi connectivity index (χ1v) is 7.65. The highest BCUT2D eigenvalue weighted by Crippen LogP contribution is 2.25. The van der Waals surface area contributed by atoms with Crippen LogP contribution in [0.3, 0.4) is 0 Å². The third-order valence-corrected chi connectivity index (χ3v) is 3.84. The van der Waals surface area contributed by atoms with E-state index in [1.54, 1.807) is 0 Å². The molecule has 1 aromatic heterocycles. The normalized spacial score (nSPS) is 23.0. The molecule has 2 N–H and O–H groups in total.